The third-order valence-corrected chi connectivity index (χ3v) is 5.98. The molecule has 1 N–H and O–H groups in total. The third kappa shape index (κ3) is 4.43. The van der Waals surface area contributed by atoms with Crippen LogP contribution in [0.1, 0.15) is 43.7 Å². The lowest BCUT2D eigenvalue weighted by atomic mass is 9.88. The maximum absolute atomic E-state index is 13.7. The number of hydrogen-bond donors (Lipinski definition) is 1. The van der Waals surface area contributed by atoms with Crippen LogP contribution in [-0.4, -0.2) is 42.6 Å². The van der Waals surface area contributed by atoms with E-state index in [4.69, 9.17) is 4.74 Å². The molecule has 6 heteroatoms. The molecule has 0 spiro atoms. The molecule has 4 rings (SSSR count). The van der Waals surface area contributed by atoms with Gasteiger partial charge in [0, 0.05) is 31.7 Å². The van der Waals surface area contributed by atoms with Gasteiger partial charge in [-0.1, -0.05) is 37.5 Å². The molecule has 1 saturated heterocycles. The lowest BCUT2D eigenvalue weighted by Crippen LogP contribution is -2.58. The Morgan fingerprint density at radius 2 is 2.03 bits per heavy atom. The molecule has 1 amide bonds. The second kappa shape index (κ2) is 9.37. The van der Waals surface area contributed by atoms with Crippen molar-refractivity contribution in [3.63, 3.8) is 0 Å². The van der Waals surface area contributed by atoms with Gasteiger partial charge in [0.15, 0.2) is 0 Å². The zero-order valence-electron chi connectivity index (χ0n) is 17.1. The number of pyridine rings is 1. The smallest absolute Gasteiger partial charge is 0.246 e. The largest absolute Gasteiger partial charge is 0.497 e. The molecule has 1 unspecified atom stereocenters. The zero-order chi connectivity index (χ0) is 20.1. The first-order chi connectivity index (χ1) is 14.3. The number of rotatable bonds is 5. The monoisotopic (exact) mass is 394 g/mol. The summed E-state index contributed by atoms with van der Waals surface area (Å²) in [7, 11) is 1.68. The molecule has 1 aliphatic carbocycles. The Morgan fingerprint density at radius 3 is 2.79 bits per heavy atom. The Bertz CT molecular complexity index is 808. The summed E-state index contributed by atoms with van der Waals surface area (Å²) in [5, 5.41) is 7.55. The molecular weight excluding hydrogens is 364 g/mol. The highest BCUT2D eigenvalue weighted by atomic mass is 16.5. The molecule has 2 heterocycles. The van der Waals surface area contributed by atoms with Crippen LogP contribution < -0.4 is 15.1 Å². The minimum absolute atomic E-state index is 0.0356. The number of anilines is 1. The normalized spacial score (nSPS) is 20.9. The minimum atomic E-state index is 0.0356. The van der Waals surface area contributed by atoms with Crippen LogP contribution in [0.5, 0.6) is 5.75 Å². The van der Waals surface area contributed by atoms with E-state index in [2.05, 4.69) is 27.4 Å². The van der Waals surface area contributed by atoms with Crippen LogP contribution in [0.15, 0.2) is 48.7 Å². The maximum atomic E-state index is 13.7. The lowest BCUT2D eigenvalue weighted by molar-refractivity contribution is -0.127. The van der Waals surface area contributed by atoms with Crippen molar-refractivity contribution < 1.29 is 9.53 Å². The molecule has 2 aliphatic rings. The minimum Gasteiger partial charge on any atom is -0.497 e. The van der Waals surface area contributed by atoms with Crippen molar-refractivity contribution in [1.29, 1.82) is 0 Å². The number of carbonyl (C=O) groups is 1. The molecule has 0 bridgehead atoms. The first-order valence-corrected chi connectivity index (χ1v) is 10.6. The number of ether oxygens (including phenoxy) is 1. The van der Waals surface area contributed by atoms with Crippen LogP contribution in [0.2, 0.25) is 0 Å². The first kappa shape index (κ1) is 19.9. The van der Waals surface area contributed by atoms with Gasteiger partial charge in [-0.15, -0.1) is 0 Å². The van der Waals surface area contributed by atoms with Crippen LogP contribution in [-0.2, 0) is 4.79 Å². The van der Waals surface area contributed by atoms with Crippen LogP contribution in [0, 0.1) is 5.92 Å². The highest BCUT2D eigenvalue weighted by molar-refractivity contribution is 5.93. The number of nitrogens with one attached hydrogen (secondary N) is 1. The standard InChI is InChI=1S/C23H30N4O2/c1-29-20-11-7-10-19(16-20)21-17-24-14-15-26(21)27(22-12-5-6-13-25-22)23(28)18-8-3-2-4-9-18/h5-7,10-13,16,18,21,24H,2-4,8-9,14-15,17H2,1H3. The van der Waals surface area contributed by atoms with Gasteiger partial charge in [-0.3, -0.25) is 4.79 Å². The molecule has 6 nitrogen and oxygen atoms in total. The second-order valence-corrected chi connectivity index (χ2v) is 7.83. The fourth-order valence-corrected chi connectivity index (χ4v) is 4.44. The molecule has 2 aromatic rings. The van der Waals surface area contributed by atoms with E-state index in [0.717, 1.165) is 56.6 Å². The molecule has 29 heavy (non-hydrogen) atoms. The van der Waals surface area contributed by atoms with E-state index in [1.165, 1.54) is 6.42 Å². The summed E-state index contributed by atoms with van der Waals surface area (Å²) < 4.78 is 5.44. The van der Waals surface area contributed by atoms with Crippen LogP contribution in [0.3, 0.4) is 0 Å². The van der Waals surface area contributed by atoms with Gasteiger partial charge in [-0.05, 0) is 42.7 Å². The van der Waals surface area contributed by atoms with E-state index in [0.29, 0.717) is 5.82 Å². The molecule has 0 radical (unpaired) electrons. The van der Waals surface area contributed by atoms with E-state index in [9.17, 15) is 4.79 Å². The van der Waals surface area contributed by atoms with E-state index < -0.39 is 0 Å². The van der Waals surface area contributed by atoms with Crippen molar-refractivity contribution in [2.45, 2.75) is 38.1 Å². The lowest BCUT2D eigenvalue weighted by Gasteiger charge is -2.44. The number of hydrogen-bond acceptors (Lipinski definition) is 5. The molecule has 1 aromatic carbocycles. The Balaban J connectivity index is 1.69. The Morgan fingerprint density at radius 1 is 1.17 bits per heavy atom. The Hall–Kier alpha value is -2.44. The predicted molar refractivity (Wildman–Crippen MR) is 114 cm³/mol. The third-order valence-electron chi connectivity index (χ3n) is 5.98. The van der Waals surface area contributed by atoms with E-state index in [1.807, 2.05) is 35.3 Å². The van der Waals surface area contributed by atoms with Gasteiger partial charge in [0.1, 0.15) is 11.6 Å². The van der Waals surface area contributed by atoms with E-state index in [1.54, 1.807) is 13.3 Å². The molecule has 1 saturated carbocycles. The summed E-state index contributed by atoms with van der Waals surface area (Å²) in [4.78, 5) is 18.2. The fraction of sp³-hybridized carbons (Fsp3) is 0.478. The zero-order valence-corrected chi connectivity index (χ0v) is 17.1. The van der Waals surface area contributed by atoms with Gasteiger partial charge >= 0.3 is 0 Å². The van der Waals surface area contributed by atoms with Gasteiger partial charge in [-0.2, -0.15) is 0 Å². The van der Waals surface area contributed by atoms with Crippen molar-refractivity contribution >= 4 is 11.7 Å². The van der Waals surface area contributed by atoms with E-state index >= 15 is 0 Å². The van der Waals surface area contributed by atoms with Crippen LogP contribution in [0.4, 0.5) is 5.82 Å². The van der Waals surface area contributed by atoms with E-state index in [-0.39, 0.29) is 17.9 Å². The van der Waals surface area contributed by atoms with Crippen LogP contribution >= 0.6 is 0 Å². The van der Waals surface area contributed by atoms with Crippen molar-refractivity contribution in [3.8, 4) is 5.75 Å². The van der Waals surface area contributed by atoms with Crippen LogP contribution in [0.25, 0.3) is 0 Å². The summed E-state index contributed by atoms with van der Waals surface area (Å²) in [6.07, 6.45) is 7.20. The number of benzene rings is 1. The number of nitrogens with zero attached hydrogens (tertiary/aromatic N) is 3. The van der Waals surface area contributed by atoms with Gasteiger partial charge in [0.2, 0.25) is 5.91 Å². The van der Waals surface area contributed by atoms with Crippen molar-refractivity contribution in [3.05, 3.63) is 54.2 Å². The second-order valence-electron chi connectivity index (χ2n) is 7.83. The van der Waals surface area contributed by atoms with Crippen molar-refractivity contribution in [2.24, 2.45) is 5.92 Å². The summed E-state index contributed by atoms with van der Waals surface area (Å²) in [5.41, 5.74) is 1.13. The Kier molecular flexibility index (Phi) is 6.42. The summed E-state index contributed by atoms with van der Waals surface area (Å²) in [6.45, 7) is 2.35. The SMILES string of the molecule is COc1cccc(C2CNCCN2N(C(=O)C2CCCCC2)c2ccccn2)c1. The summed E-state index contributed by atoms with van der Waals surface area (Å²) in [5.74, 6) is 1.79. The molecule has 1 atom stereocenters. The fourth-order valence-electron chi connectivity index (χ4n) is 4.44. The highest BCUT2D eigenvalue weighted by Crippen LogP contribution is 2.32. The number of piperazine rings is 1. The predicted octanol–water partition coefficient (Wildman–Crippen LogP) is 3.57. The Labute approximate surface area is 172 Å². The number of amides is 1. The molecule has 154 valence electrons. The average molecular weight is 395 g/mol. The summed E-state index contributed by atoms with van der Waals surface area (Å²) >= 11 is 0. The van der Waals surface area contributed by atoms with Gasteiger partial charge in [-0.25, -0.2) is 15.0 Å². The summed E-state index contributed by atoms with van der Waals surface area (Å²) in [6, 6.07) is 13.9. The topological polar surface area (TPSA) is 57.7 Å². The molecule has 1 aliphatic heterocycles. The number of carbonyl (C=O) groups excluding carboxylic acids is 1. The van der Waals surface area contributed by atoms with Gasteiger partial charge in [0.25, 0.3) is 0 Å². The highest BCUT2D eigenvalue weighted by Gasteiger charge is 2.36. The van der Waals surface area contributed by atoms with Gasteiger partial charge < -0.3 is 10.1 Å². The molecule has 2 fully saturated rings. The quantitative estimate of drug-likeness (QED) is 0.840. The first-order valence-electron chi connectivity index (χ1n) is 10.6. The number of aromatic nitrogens is 1. The van der Waals surface area contributed by atoms with Gasteiger partial charge in [0.05, 0.1) is 13.2 Å². The molecule has 1 aromatic heterocycles. The molecular formula is C23H30N4O2. The maximum Gasteiger partial charge on any atom is 0.246 e. The van der Waals surface area contributed by atoms with Crippen molar-refractivity contribution in [2.75, 3.05) is 31.8 Å². The number of hydrazine groups is 1. The average Bonchev–Trinajstić information content (AvgIpc) is 2.81. The number of methoxy groups -OCH3 is 1. The van der Waals surface area contributed by atoms with Crippen molar-refractivity contribution in [1.82, 2.24) is 15.3 Å².